The highest BCUT2D eigenvalue weighted by atomic mass is 32.2. The minimum Gasteiger partial charge on any atom is -0.497 e. The Kier molecular flexibility index (Phi) is 11.2. The van der Waals surface area contributed by atoms with Crippen LogP contribution in [-0.2, 0) is 26.2 Å². The number of methoxy groups -OCH3 is 2. The Bertz CT molecular complexity index is 1430. The summed E-state index contributed by atoms with van der Waals surface area (Å²) in [6.07, 6.45) is 1.73. The van der Waals surface area contributed by atoms with E-state index in [0.717, 1.165) is 28.3 Å². The molecule has 0 saturated carbocycles. The molecule has 0 bridgehead atoms. The number of rotatable bonds is 14. The minimum atomic E-state index is -4.24. The molecule has 0 aromatic heterocycles. The number of para-hydroxylation sites is 2. The first-order valence-corrected chi connectivity index (χ1v) is 15.0. The van der Waals surface area contributed by atoms with Crippen molar-refractivity contribution in [2.24, 2.45) is 0 Å². The summed E-state index contributed by atoms with van der Waals surface area (Å²) in [7, 11) is -1.31. The topological polar surface area (TPSA) is 105 Å². The molecule has 3 rings (SSSR count). The molecule has 0 heterocycles. The third-order valence-electron chi connectivity index (χ3n) is 6.88. The number of anilines is 1. The Morgan fingerprint density at radius 2 is 1.59 bits per heavy atom. The van der Waals surface area contributed by atoms with Crippen molar-refractivity contribution in [3.05, 3.63) is 83.9 Å². The highest BCUT2D eigenvalue weighted by Crippen LogP contribution is 2.33. The summed E-state index contributed by atoms with van der Waals surface area (Å²) in [5.41, 5.74) is 2.02. The van der Waals surface area contributed by atoms with Gasteiger partial charge in [0.15, 0.2) is 0 Å². The van der Waals surface area contributed by atoms with Crippen LogP contribution < -0.4 is 19.1 Å². The summed E-state index contributed by atoms with van der Waals surface area (Å²) in [6, 6.07) is 19.3. The molecule has 220 valence electrons. The number of nitrogens with zero attached hydrogens (tertiary/aromatic N) is 2. The Balaban J connectivity index is 2.05. The SMILES string of the molecule is CCCCNC(=O)[C@H](C)N(Cc1ccccc1C)C(=O)CN(c1ccccc1OC)S(=O)(=O)c1ccc(OC)cc1. The number of hydrogen-bond acceptors (Lipinski definition) is 6. The van der Waals surface area contributed by atoms with Crippen LogP contribution in [-0.4, -0.2) is 58.5 Å². The number of ether oxygens (including phenoxy) is 2. The van der Waals surface area contributed by atoms with Crippen molar-refractivity contribution in [1.29, 1.82) is 0 Å². The molecule has 0 aliphatic rings. The van der Waals surface area contributed by atoms with Crippen LogP contribution in [0, 0.1) is 6.92 Å². The fourth-order valence-corrected chi connectivity index (χ4v) is 5.74. The van der Waals surface area contributed by atoms with E-state index in [2.05, 4.69) is 5.32 Å². The van der Waals surface area contributed by atoms with Gasteiger partial charge < -0.3 is 19.7 Å². The Morgan fingerprint density at radius 3 is 2.22 bits per heavy atom. The van der Waals surface area contributed by atoms with E-state index in [0.29, 0.717) is 12.3 Å². The van der Waals surface area contributed by atoms with E-state index < -0.39 is 28.5 Å². The third kappa shape index (κ3) is 7.79. The maximum absolute atomic E-state index is 14.1. The van der Waals surface area contributed by atoms with Crippen LogP contribution in [0.5, 0.6) is 11.5 Å². The van der Waals surface area contributed by atoms with Gasteiger partial charge in [-0.25, -0.2) is 8.42 Å². The van der Waals surface area contributed by atoms with Crippen LogP contribution in [0.3, 0.4) is 0 Å². The number of amides is 2. The Morgan fingerprint density at radius 1 is 0.927 bits per heavy atom. The van der Waals surface area contributed by atoms with Crippen LogP contribution in [0.2, 0.25) is 0 Å². The largest absolute Gasteiger partial charge is 0.497 e. The molecule has 3 aromatic carbocycles. The second-order valence-electron chi connectivity index (χ2n) is 9.63. The van der Waals surface area contributed by atoms with Crippen molar-refractivity contribution in [2.45, 2.75) is 51.1 Å². The Labute approximate surface area is 243 Å². The molecule has 0 unspecified atom stereocenters. The van der Waals surface area contributed by atoms with Crippen molar-refractivity contribution < 1.29 is 27.5 Å². The van der Waals surface area contributed by atoms with Crippen LogP contribution in [0.25, 0.3) is 0 Å². The summed E-state index contributed by atoms with van der Waals surface area (Å²) < 4.78 is 39.7. The summed E-state index contributed by atoms with van der Waals surface area (Å²) >= 11 is 0. The molecule has 41 heavy (non-hydrogen) atoms. The number of nitrogens with one attached hydrogen (secondary N) is 1. The third-order valence-corrected chi connectivity index (χ3v) is 8.65. The van der Waals surface area contributed by atoms with Gasteiger partial charge in [-0.2, -0.15) is 0 Å². The molecule has 10 heteroatoms. The standard InChI is InChI=1S/C31H39N3O6S/c1-6-7-20-32-31(36)24(3)33(21-25-13-9-8-12-23(25)2)30(35)22-34(28-14-10-11-15-29(28)40-5)41(37,38)27-18-16-26(39-4)17-19-27/h8-19,24H,6-7,20-22H2,1-5H3,(H,32,36)/t24-/m0/s1. The number of benzene rings is 3. The predicted molar refractivity (Wildman–Crippen MR) is 160 cm³/mol. The number of hydrogen-bond donors (Lipinski definition) is 1. The summed E-state index contributed by atoms with van der Waals surface area (Å²) in [5, 5.41) is 2.89. The minimum absolute atomic E-state index is 0.0205. The van der Waals surface area contributed by atoms with E-state index in [1.54, 1.807) is 43.3 Å². The molecular weight excluding hydrogens is 542 g/mol. The fraction of sp³-hybridized carbons (Fsp3) is 0.355. The van der Waals surface area contributed by atoms with E-state index in [1.807, 2.05) is 38.1 Å². The molecular formula is C31H39N3O6S. The fourth-order valence-electron chi connectivity index (χ4n) is 4.31. The molecule has 1 N–H and O–H groups in total. The summed E-state index contributed by atoms with van der Waals surface area (Å²) in [4.78, 5) is 28.6. The van der Waals surface area contributed by atoms with Crippen LogP contribution in [0.15, 0.2) is 77.7 Å². The van der Waals surface area contributed by atoms with Gasteiger partial charge in [0.25, 0.3) is 10.0 Å². The molecule has 0 fully saturated rings. The van der Waals surface area contributed by atoms with Gasteiger partial charge in [-0.05, 0) is 67.8 Å². The zero-order chi connectivity index (χ0) is 30.0. The molecule has 3 aromatic rings. The molecule has 9 nitrogen and oxygen atoms in total. The number of carbonyl (C=O) groups excluding carboxylic acids is 2. The molecule has 0 saturated heterocycles. The molecule has 0 spiro atoms. The van der Waals surface area contributed by atoms with E-state index in [-0.39, 0.29) is 28.8 Å². The Hall–Kier alpha value is -4.05. The molecule has 0 aliphatic carbocycles. The number of unbranched alkanes of at least 4 members (excludes halogenated alkanes) is 1. The van der Waals surface area contributed by atoms with E-state index in [9.17, 15) is 18.0 Å². The van der Waals surface area contributed by atoms with Crippen molar-refractivity contribution in [2.75, 3.05) is 31.6 Å². The van der Waals surface area contributed by atoms with Gasteiger partial charge in [-0.1, -0.05) is 49.7 Å². The van der Waals surface area contributed by atoms with E-state index in [4.69, 9.17) is 9.47 Å². The van der Waals surface area contributed by atoms with Crippen molar-refractivity contribution >= 4 is 27.5 Å². The van der Waals surface area contributed by atoms with Gasteiger partial charge in [-0.15, -0.1) is 0 Å². The quantitative estimate of drug-likeness (QED) is 0.280. The first kappa shape index (κ1) is 31.5. The summed E-state index contributed by atoms with van der Waals surface area (Å²) in [6.45, 7) is 5.69. The lowest BCUT2D eigenvalue weighted by Gasteiger charge is -2.32. The normalized spacial score (nSPS) is 11.8. The summed E-state index contributed by atoms with van der Waals surface area (Å²) in [5.74, 6) is -0.0546. The second kappa shape index (κ2) is 14.5. The van der Waals surface area contributed by atoms with Crippen molar-refractivity contribution in [1.82, 2.24) is 10.2 Å². The van der Waals surface area contributed by atoms with Crippen molar-refractivity contribution in [3.63, 3.8) is 0 Å². The molecule has 1 atom stereocenters. The highest BCUT2D eigenvalue weighted by molar-refractivity contribution is 7.92. The van der Waals surface area contributed by atoms with Gasteiger partial charge in [0.05, 0.1) is 24.8 Å². The molecule has 2 amide bonds. The maximum Gasteiger partial charge on any atom is 0.264 e. The number of carbonyl (C=O) groups is 2. The zero-order valence-electron chi connectivity index (χ0n) is 24.3. The predicted octanol–water partition coefficient (Wildman–Crippen LogP) is 4.54. The van der Waals surface area contributed by atoms with Gasteiger partial charge in [0.2, 0.25) is 11.8 Å². The number of sulfonamides is 1. The lowest BCUT2D eigenvalue weighted by Crippen LogP contribution is -2.51. The van der Waals surface area contributed by atoms with E-state index in [1.165, 1.54) is 31.3 Å². The average Bonchev–Trinajstić information content (AvgIpc) is 2.99. The van der Waals surface area contributed by atoms with Crippen LogP contribution >= 0.6 is 0 Å². The monoisotopic (exact) mass is 581 g/mol. The molecule has 0 aliphatic heterocycles. The van der Waals surface area contributed by atoms with Gasteiger partial charge >= 0.3 is 0 Å². The lowest BCUT2D eigenvalue weighted by atomic mass is 10.1. The second-order valence-corrected chi connectivity index (χ2v) is 11.5. The van der Waals surface area contributed by atoms with Crippen LogP contribution in [0.4, 0.5) is 5.69 Å². The maximum atomic E-state index is 14.1. The number of aryl methyl sites for hydroxylation is 1. The lowest BCUT2D eigenvalue weighted by molar-refractivity contribution is -0.139. The smallest absolute Gasteiger partial charge is 0.264 e. The van der Waals surface area contributed by atoms with Gasteiger partial charge in [-0.3, -0.25) is 13.9 Å². The molecule has 0 radical (unpaired) electrons. The average molecular weight is 582 g/mol. The van der Waals surface area contributed by atoms with E-state index >= 15 is 0 Å². The zero-order valence-corrected chi connectivity index (χ0v) is 25.1. The van der Waals surface area contributed by atoms with Gasteiger partial charge in [0.1, 0.15) is 24.1 Å². The van der Waals surface area contributed by atoms with Crippen molar-refractivity contribution in [3.8, 4) is 11.5 Å². The van der Waals surface area contributed by atoms with Gasteiger partial charge in [0, 0.05) is 13.1 Å². The highest BCUT2D eigenvalue weighted by Gasteiger charge is 2.33. The van der Waals surface area contributed by atoms with Crippen LogP contribution in [0.1, 0.15) is 37.8 Å². The first-order chi connectivity index (χ1) is 19.6. The first-order valence-electron chi connectivity index (χ1n) is 13.6.